The molecule has 0 bridgehead atoms. The van der Waals surface area contributed by atoms with Crippen molar-refractivity contribution >= 4 is 28.8 Å². The molecule has 0 saturated carbocycles. The summed E-state index contributed by atoms with van der Waals surface area (Å²) in [5, 5.41) is 3.12. The van der Waals surface area contributed by atoms with E-state index in [1.54, 1.807) is 0 Å². The number of benzene rings is 1. The van der Waals surface area contributed by atoms with Crippen molar-refractivity contribution < 1.29 is 14.4 Å². The average Bonchev–Trinajstić information content (AvgIpc) is 3.33. The van der Waals surface area contributed by atoms with Gasteiger partial charge in [-0.05, 0) is 37.3 Å². The van der Waals surface area contributed by atoms with Gasteiger partial charge in [0.1, 0.15) is 5.82 Å². The van der Waals surface area contributed by atoms with Gasteiger partial charge in [0, 0.05) is 25.4 Å². The van der Waals surface area contributed by atoms with Crippen molar-refractivity contribution in [3.63, 3.8) is 0 Å². The Labute approximate surface area is 192 Å². The van der Waals surface area contributed by atoms with Gasteiger partial charge in [-0.15, -0.1) is 0 Å². The maximum atomic E-state index is 12.6. The maximum Gasteiger partial charge on any atom is 0.281 e. The second kappa shape index (κ2) is 9.89. The number of unbranched alkanes of at least 4 members (excludes halogenated alkanes) is 2. The smallest absolute Gasteiger partial charge is 0.281 e. The molecule has 33 heavy (non-hydrogen) atoms. The predicted molar refractivity (Wildman–Crippen MR) is 122 cm³/mol. The molecule has 3 aromatic rings. The molecule has 1 atom stereocenters. The average molecular weight is 449 g/mol. The van der Waals surface area contributed by atoms with Crippen LogP contribution in [0.1, 0.15) is 78.8 Å². The minimum Gasteiger partial charge on any atom is -0.346 e. The lowest BCUT2D eigenvalue weighted by Crippen LogP contribution is -2.31. The Balaban J connectivity index is 1.25. The first-order valence-electron chi connectivity index (χ1n) is 11.3. The third kappa shape index (κ3) is 5.08. The number of aromatic amines is 1. The van der Waals surface area contributed by atoms with Crippen LogP contribution in [0.25, 0.3) is 11.0 Å². The molecule has 1 unspecified atom stereocenters. The quantitative estimate of drug-likeness (QED) is 0.362. The molecule has 172 valence electrons. The Kier molecular flexibility index (Phi) is 6.76. The summed E-state index contributed by atoms with van der Waals surface area (Å²) in [6.07, 6.45) is 5.99. The number of hydrogen-bond donors (Lipinski definition) is 2. The van der Waals surface area contributed by atoms with E-state index in [1.165, 1.54) is 17.3 Å². The number of fused-ring (bicyclic) bond motifs is 2. The lowest BCUT2D eigenvalue weighted by atomic mass is 10.0. The first-order chi connectivity index (χ1) is 15.9. The minimum absolute atomic E-state index is 0.0322. The van der Waals surface area contributed by atoms with E-state index in [9.17, 15) is 14.4 Å². The number of carbonyl (C=O) groups excluding carboxylic acids is 3. The third-order valence-electron chi connectivity index (χ3n) is 5.66. The molecular weight excluding hydrogens is 420 g/mol. The molecule has 9 heteroatoms. The summed E-state index contributed by atoms with van der Waals surface area (Å²) in [5.41, 5.74) is 2.07. The molecule has 0 aliphatic carbocycles. The van der Waals surface area contributed by atoms with E-state index in [2.05, 4.69) is 39.1 Å². The van der Waals surface area contributed by atoms with E-state index in [0.717, 1.165) is 29.7 Å². The maximum absolute atomic E-state index is 12.6. The Morgan fingerprint density at radius 1 is 1.03 bits per heavy atom. The molecule has 3 amide bonds. The van der Waals surface area contributed by atoms with Crippen LogP contribution in [0.5, 0.6) is 0 Å². The number of nitrogens with one attached hydrogen (secondary N) is 2. The fourth-order valence-corrected chi connectivity index (χ4v) is 4.05. The number of hydrogen-bond acceptors (Lipinski definition) is 6. The highest BCUT2D eigenvalue weighted by Gasteiger charge is 2.37. The molecule has 2 aromatic heterocycles. The molecule has 1 aliphatic heterocycles. The number of imidazole rings is 1. The first-order valence-corrected chi connectivity index (χ1v) is 11.3. The summed E-state index contributed by atoms with van der Waals surface area (Å²) in [4.78, 5) is 54.3. The van der Waals surface area contributed by atoms with Gasteiger partial charge in [-0.3, -0.25) is 19.3 Å². The predicted octanol–water partition coefficient (Wildman–Crippen LogP) is 3.41. The monoisotopic (exact) mass is 448 g/mol. The standard InChI is InChI=1S/C24H28N6O3/c1-15(2)14-18(22-28-16-8-5-6-9-17(16)29-22)27-19(31)10-4-3-7-13-30-23(32)20-21(24(30)33)26-12-11-25-20/h5-6,8-9,11-12,15,18H,3-4,7,10,13-14H2,1-2H3,(H,27,31)(H,28,29). The molecule has 1 aliphatic rings. The van der Waals surface area contributed by atoms with Crippen molar-refractivity contribution in [2.75, 3.05) is 6.54 Å². The topological polar surface area (TPSA) is 121 Å². The van der Waals surface area contributed by atoms with Gasteiger partial charge in [-0.25, -0.2) is 15.0 Å². The summed E-state index contributed by atoms with van der Waals surface area (Å²) in [6, 6.07) is 7.64. The van der Waals surface area contributed by atoms with Gasteiger partial charge in [0.15, 0.2) is 11.4 Å². The van der Waals surface area contributed by atoms with Gasteiger partial charge in [-0.2, -0.15) is 0 Å². The lowest BCUT2D eigenvalue weighted by molar-refractivity contribution is -0.122. The highest BCUT2D eigenvalue weighted by Crippen LogP contribution is 2.23. The van der Waals surface area contributed by atoms with Gasteiger partial charge < -0.3 is 10.3 Å². The van der Waals surface area contributed by atoms with Crippen molar-refractivity contribution in [1.29, 1.82) is 0 Å². The molecule has 9 nitrogen and oxygen atoms in total. The van der Waals surface area contributed by atoms with E-state index >= 15 is 0 Å². The van der Waals surface area contributed by atoms with Crippen LogP contribution in [0, 0.1) is 5.92 Å². The van der Waals surface area contributed by atoms with Gasteiger partial charge in [0.25, 0.3) is 11.8 Å². The summed E-state index contributed by atoms with van der Waals surface area (Å²) in [6.45, 7) is 4.53. The van der Waals surface area contributed by atoms with E-state index in [1.807, 2.05) is 24.3 Å². The largest absolute Gasteiger partial charge is 0.346 e. The Hall–Kier alpha value is -3.62. The molecule has 2 N–H and O–H groups in total. The molecule has 4 rings (SSSR count). The number of amides is 3. The van der Waals surface area contributed by atoms with E-state index in [0.29, 0.717) is 31.7 Å². The second-order valence-corrected chi connectivity index (χ2v) is 8.71. The Bertz CT molecular complexity index is 1100. The summed E-state index contributed by atoms with van der Waals surface area (Å²) >= 11 is 0. The van der Waals surface area contributed by atoms with E-state index in [4.69, 9.17) is 0 Å². The molecule has 0 saturated heterocycles. The fourth-order valence-electron chi connectivity index (χ4n) is 4.05. The Morgan fingerprint density at radius 2 is 1.73 bits per heavy atom. The highest BCUT2D eigenvalue weighted by molar-refractivity contribution is 6.19. The molecular formula is C24H28N6O3. The van der Waals surface area contributed by atoms with E-state index in [-0.39, 0.29) is 23.3 Å². The number of H-pyrrole nitrogens is 1. The Morgan fingerprint density at radius 3 is 2.39 bits per heavy atom. The zero-order chi connectivity index (χ0) is 23.4. The molecule has 0 radical (unpaired) electrons. The summed E-state index contributed by atoms with van der Waals surface area (Å²) in [5.74, 6) is 0.333. The van der Waals surface area contributed by atoms with Gasteiger partial charge in [-0.1, -0.05) is 32.4 Å². The fraction of sp³-hybridized carbons (Fsp3) is 0.417. The third-order valence-corrected chi connectivity index (χ3v) is 5.66. The van der Waals surface area contributed by atoms with E-state index < -0.39 is 11.8 Å². The number of para-hydroxylation sites is 2. The van der Waals surface area contributed by atoms with Crippen molar-refractivity contribution in [3.05, 3.63) is 53.9 Å². The van der Waals surface area contributed by atoms with Crippen molar-refractivity contribution in [3.8, 4) is 0 Å². The van der Waals surface area contributed by atoms with Crippen LogP contribution in [0.4, 0.5) is 0 Å². The zero-order valence-corrected chi connectivity index (χ0v) is 18.9. The van der Waals surface area contributed by atoms with Crippen LogP contribution in [0.2, 0.25) is 0 Å². The molecule has 3 heterocycles. The van der Waals surface area contributed by atoms with Crippen LogP contribution in [0.15, 0.2) is 36.7 Å². The molecule has 0 spiro atoms. The number of aromatic nitrogens is 4. The second-order valence-electron chi connectivity index (χ2n) is 8.71. The number of imide groups is 1. The normalized spacial score (nSPS) is 14.2. The first kappa shape index (κ1) is 22.6. The highest BCUT2D eigenvalue weighted by atomic mass is 16.2. The van der Waals surface area contributed by atoms with Crippen molar-refractivity contribution in [2.45, 2.75) is 52.0 Å². The summed E-state index contributed by atoms with van der Waals surface area (Å²) < 4.78 is 0. The molecule has 0 fully saturated rings. The molecule has 1 aromatic carbocycles. The van der Waals surface area contributed by atoms with Gasteiger partial charge in [0.2, 0.25) is 5.91 Å². The zero-order valence-electron chi connectivity index (χ0n) is 18.9. The lowest BCUT2D eigenvalue weighted by Gasteiger charge is -2.19. The van der Waals surface area contributed by atoms with Crippen LogP contribution in [-0.2, 0) is 4.79 Å². The number of rotatable bonds is 10. The van der Waals surface area contributed by atoms with Crippen LogP contribution < -0.4 is 5.32 Å². The number of carbonyl (C=O) groups is 3. The minimum atomic E-state index is -0.400. The summed E-state index contributed by atoms with van der Waals surface area (Å²) in [7, 11) is 0. The van der Waals surface area contributed by atoms with Crippen molar-refractivity contribution in [1.82, 2.24) is 30.2 Å². The van der Waals surface area contributed by atoms with Crippen LogP contribution in [-0.4, -0.2) is 49.1 Å². The number of nitrogens with zero attached hydrogens (tertiary/aromatic N) is 4. The van der Waals surface area contributed by atoms with Gasteiger partial charge in [0.05, 0.1) is 17.1 Å². The van der Waals surface area contributed by atoms with Gasteiger partial charge >= 0.3 is 0 Å². The van der Waals surface area contributed by atoms with Crippen LogP contribution in [0.3, 0.4) is 0 Å². The van der Waals surface area contributed by atoms with Crippen LogP contribution >= 0.6 is 0 Å². The van der Waals surface area contributed by atoms with Crippen molar-refractivity contribution in [2.24, 2.45) is 5.92 Å². The SMILES string of the molecule is CC(C)CC(NC(=O)CCCCCN1C(=O)c2nccnc2C1=O)c1nc2ccccc2[nH]1.